The van der Waals surface area contributed by atoms with E-state index in [-0.39, 0.29) is 5.97 Å². The summed E-state index contributed by atoms with van der Waals surface area (Å²) in [5.41, 5.74) is 7.02. The molecule has 1 aliphatic rings. The van der Waals surface area contributed by atoms with E-state index in [2.05, 4.69) is 5.32 Å². The van der Waals surface area contributed by atoms with E-state index in [4.69, 9.17) is 10.5 Å². The average Bonchev–Trinajstić information content (AvgIpc) is 2.90. The molecule has 6 heteroatoms. The first-order valence-corrected chi connectivity index (χ1v) is 8.45. The van der Waals surface area contributed by atoms with Crippen LogP contribution in [0.4, 0.5) is 4.79 Å². The van der Waals surface area contributed by atoms with Gasteiger partial charge in [-0.05, 0) is 12.5 Å². The molecule has 3 rings (SSSR count). The molecular weight excluding hydrogens is 324 g/mol. The van der Waals surface area contributed by atoms with E-state index in [9.17, 15) is 9.59 Å². The quantitative estimate of drug-likeness (QED) is 0.837. The molecule has 1 aliphatic heterocycles. The summed E-state index contributed by atoms with van der Waals surface area (Å²) in [6, 6.07) is 17.6. The Morgan fingerprint density at radius 3 is 2.33 bits per heavy atom. The second-order valence-electron chi connectivity index (χ2n) is 5.67. The smallest absolute Gasteiger partial charge is 0.323 e. The fraction of sp³-hybridized carbons (Fsp3) is 0.222. The van der Waals surface area contributed by atoms with Gasteiger partial charge in [0.05, 0.1) is 6.04 Å². The Labute approximate surface area is 144 Å². The number of carbonyl (C=O) groups is 2. The maximum absolute atomic E-state index is 12.5. The van der Waals surface area contributed by atoms with E-state index in [1.807, 2.05) is 67.6 Å². The van der Waals surface area contributed by atoms with E-state index in [1.54, 1.807) is 0 Å². The predicted octanol–water partition coefficient (Wildman–Crippen LogP) is 2.93. The molecule has 1 fully saturated rings. The summed E-state index contributed by atoms with van der Waals surface area (Å²) in [7, 11) is 0. The third-order valence-electron chi connectivity index (χ3n) is 3.94. The highest BCUT2D eigenvalue weighted by Gasteiger charge is 2.49. The minimum atomic E-state index is -0.796. The topological polar surface area (TPSA) is 81.4 Å². The van der Waals surface area contributed by atoms with Crippen molar-refractivity contribution in [2.75, 3.05) is 0 Å². The van der Waals surface area contributed by atoms with Crippen LogP contribution in [0, 0.1) is 0 Å². The van der Waals surface area contributed by atoms with Gasteiger partial charge in [-0.15, -0.1) is 0 Å². The number of hydrogen-bond acceptors (Lipinski definition) is 4. The lowest BCUT2D eigenvalue weighted by molar-refractivity contribution is -0.147. The maximum Gasteiger partial charge on any atom is 0.323 e. The normalized spacial score (nSPS) is 24.2. The Bertz CT molecular complexity index is 738. The van der Waals surface area contributed by atoms with Crippen LogP contribution in [0.5, 0.6) is 0 Å². The molecule has 3 N–H and O–H groups in total. The molecule has 0 aliphatic carbocycles. The fourth-order valence-electron chi connectivity index (χ4n) is 2.78. The molecule has 2 unspecified atom stereocenters. The van der Waals surface area contributed by atoms with Gasteiger partial charge in [0.1, 0.15) is 5.25 Å². The van der Waals surface area contributed by atoms with Crippen LogP contribution in [-0.4, -0.2) is 17.3 Å². The Morgan fingerprint density at radius 2 is 1.75 bits per heavy atom. The highest BCUT2D eigenvalue weighted by molar-refractivity contribution is 8.01. The third kappa shape index (κ3) is 3.23. The van der Waals surface area contributed by atoms with Gasteiger partial charge in [-0.25, -0.2) is 4.79 Å². The third-order valence-corrected chi connectivity index (χ3v) is 5.42. The molecule has 2 aromatic carbocycles. The summed E-state index contributed by atoms with van der Waals surface area (Å²) in [4.78, 5) is 23.2. The van der Waals surface area contributed by atoms with E-state index in [0.29, 0.717) is 0 Å². The standard InChI is InChI=1S/C18H18N2O3S/c1-18(13-10-6-3-7-11-13)23-16(21)15(24-18)14(20-17(19)22)12-8-4-2-5-9-12/h2-11,14-15H,1H3,(H3,19,20,22)/t14-,15?,18?/m1/s1. The van der Waals surface area contributed by atoms with Crippen molar-refractivity contribution in [2.24, 2.45) is 5.73 Å². The van der Waals surface area contributed by atoms with Crippen molar-refractivity contribution in [1.29, 1.82) is 0 Å². The van der Waals surface area contributed by atoms with Crippen molar-refractivity contribution >= 4 is 23.8 Å². The largest absolute Gasteiger partial charge is 0.443 e. The summed E-state index contributed by atoms with van der Waals surface area (Å²) in [6.07, 6.45) is 0. The number of nitrogens with two attached hydrogens (primary N) is 1. The van der Waals surface area contributed by atoms with Crippen LogP contribution in [-0.2, 0) is 14.5 Å². The Morgan fingerprint density at radius 1 is 1.17 bits per heavy atom. The van der Waals surface area contributed by atoms with Crippen LogP contribution in [0.3, 0.4) is 0 Å². The number of hydrogen-bond donors (Lipinski definition) is 2. The lowest BCUT2D eigenvalue weighted by Gasteiger charge is -2.24. The minimum absolute atomic E-state index is 0.367. The van der Waals surface area contributed by atoms with Gasteiger partial charge in [-0.1, -0.05) is 72.4 Å². The number of ether oxygens (including phenoxy) is 1. The first-order chi connectivity index (χ1) is 11.5. The number of esters is 1. The van der Waals surface area contributed by atoms with Gasteiger partial charge < -0.3 is 15.8 Å². The zero-order valence-corrected chi connectivity index (χ0v) is 14.0. The Balaban J connectivity index is 1.92. The molecule has 124 valence electrons. The summed E-state index contributed by atoms with van der Waals surface area (Å²) in [5, 5.41) is 2.10. The van der Waals surface area contributed by atoms with Gasteiger partial charge in [0.15, 0.2) is 4.93 Å². The molecule has 0 bridgehead atoms. The minimum Gasteiger partial charge on any atom is -0.443 e. The first kappa shape index (κ1) is 16.4. The average molecular weight is 342 g/mol. The van der Waals surface area contributed by atoms with Gasteiger partial charge in [0.2, 0.25) is 0 Å². The second kappa shape index (κ2) is 6.57. The molecule has 0 radical (unpaired) electrons. The number of amides is 2. The zero-order valence-electron chi connectivity index (χ0n) is 13.1. The van der Waals surface area contributed by atoms with Crippen LogP contribution in [0.2, 0.25) is 0 Å². The molecule has 24 heavy (non-hydrogen) atoms. The van der Waals surface area contributed by atoms with Crippen LogP contribution < -0.4 is 11.1 Å². The van der Waals surface area contributed by atoms with Gasteiger partial charge in [0.25, 0.3) is 0 Å². The lowest BCUT2D eigenvalue weighted by Crippen LogP contribution is -2.40. The monoisotopic (exact) mass is 342 g/mol. The number of nitrogens with one attached hydrogen (secondary N) is 1. The van der Waals surface area contributed by atoms with Gasteiger partial charge in [-0.2, -0.15) is 0 Å². The molecule has 0 aromatic heterocycles. The molecule has 5 nitrogen and oxygen atoms in total. The van der Waals surface area contributed by atoms with Crippen LogP contribution in [0.15, 0.2) is 60.7 Å². The second-order valence-corrected chi connectivity index (χ2v) is 7.19. The number of thioether (sulfide) groups is 1. The van der Waals surface area contributed by atoms with E-state index in [1.165, 1.54) is 11.8 Å². The summed E-state index contributed by atoms with van der Waals surface area (Å²) >= 11 is 1.38. The molecule has 0 spiro atoms. The Hall–Kier alpha value is -2.47. The van der Waals surface area contributed by atoms with Crippen molar-refractivity contribution in [1.82, 2.24) is 5.32 Å². The SMILES string of the molecule is CC1(c2ccccc2)OC(=O)C([C@H](NC(N)=O)c2ccccc2)S1. The van der Waals surface area contributed by atoms with Crippen molar-refractivity contribution in [3.8, 4) is 0 Å². The number of carbonyl (C=O) groups excluding carboxylic acids is 2. The molecule has 2 amide bonds. The van der Waals surface area contributed by atoms with Crippen LogP contribution in [0.25, 0.3) is 0 Å². The highest BCUT2D eigenvalue weighted by atomic mass is 32.2. The van der Waals surface area contributed by atoms with Gasteiger partial charge in [0, 0.05) is 5.56 Å². The lowest BCUT2D eigenvalue weighted by atomic mass is 10.0. The summed E-state index contributed by atoms with van der Waals surface area (Å²) < 4.78 is 5.66. The van der Waals surface area contributed by atoms with Gasteiger partial charge >= 0.3 is 12.0 Å². The van der Waals surface area contributed by atoms with E-state index in [0.717, 1.165) is 11.1 Å². The molecular formula is C18H18N2O3S. The number of primary amides is 1. The van der Waals surface area contributed by atoms with Crippen LogP contribution >= 0.6 is 11.8 Å². The summed E-state index contributed by atoms with van der Waals surface area (Å²) in [5.74, 6) is -0.367. The van der Waals surface area contributed by atoms with E-state index < -0.39 is 22.3 Å². The maximum atomic E-state index is 12.5. The molecule has 3 atom stereocenters. The number of cyclic esters (lactones) is 1. The molecule has 0 saturated carbocycles. The van der Waals surface area contributed by atoms with Gasteiger partial charge in [-0.3, -0.25) is 4.79 Å². The van der Waals surface area contributed by atoms with Crippen LogP contribution in [0.1, 0.15) is 24.1 Å². The number of urea groups is 1. The van der Waals surface area contributed by atoms with E-state index >= 15 is 0 Å². The highest BCUT2D eigenvalue weighted by Crippen LogP contribution is 2.49. The molecule has 2 aromatic rings. The fourth-order valence-corrected chi connectivity index (χ4v) is 4.18. The molecule has 1 saturated heterocycles. The van der Waals surface area contributed by atoms with Crippen molar-refractivity contribution in [3.63, 3.8) is 0 Å². The summed E-state index contributed by atoms with van der Waals surface area (Å²) in [6.45, 7) is 1.86. The molecule has 1 heterocycles. The van der Waals surface area contributed by atoms with Crippen molar-refractivity contribution < 1.29 is 14.3 Å². The first-order valence-electron chi connectivity index (χ1n) is 7.57. The Kier molecular flexibility index (Phi) is 4.49. The van der Waals surface area contributed by atoms with Crippen molar-refractivity contribution in [3.05, 3.63) is 71.8 Å². The van der Waals surface area contributed by atoms with Crippen molar-refractivity contribution in [2.45, 2.75) is 23.1 Å². The zero-order chi connectivity index (χ0) is 17.2. The number of benzene rings is 2. The number of rotatable bonds is 4. The predicted molar refractivity (Wildman–Crippen MR) is 93.2 cm³/mol.